The zero-order valence-corrected chi connectivity index (χ0v) is 10.3. The average Bonchev–Trinajstić information content (AvgIpc) is 1.98. The van der Waals surface area contributed by atoms with Crippen LogP contribution in [0.2, 0.25) is 0 Å². The Kier molecular flexibility index (Phi) is 6.05. The summed E-state index contributed by atoms with van der Waals surface area (Å²) in [6.07, 6.45) is 5.29. The predicted molar refractivity (Wildman–Crippen MR) is 62.5 cm³/mol. The summed E-state index contributed by atoms with van der Waals surface area (Å²) < 4.78 is 0. The molecule has 0 aromatic carbocycles. The maximum atomic E-state index is 9.52. The van der Waals surface area contributed by atoms with Gasteiger partial charge in [-0.3, -0.25) is 0 Å². The lowest BCUT2D eigenvalue weighted by Crippen LogP contribution is -2.17. The third-order valence-corrected chi connectivity index (χ3v) is 2.16. The summed E-state index contributed by atoms with van der Waals surface area (Å²) in [6.45, 7) is 6.90. The monoisotopic (exact) mass is 199 g/mol. The molecule has 0 radical (unpaired) electrons. The van der Waals surface area contributed by atoms with Gasteiger partial charge in [-0.05, 0) is 54.1 Å². The van der Waals surface area contributed by atoms with E-state index in [4.69, 9.17) is 0 Å². The molecule has 0 aliphatic rings. The molecule has 0 spiro atoms. The molecule has 0 unspecified atom stereocenters. The minimum Gasteiger partial charge on any atom is -0.390 e. The summed E-state index contributed by atoms with van der Waals surface area (Å²) in [6, 6.07) is 0. The second kappa shape index (κ2) is 6.20. The van der Waals surface area contributed by atoms with Gasteiger partial charge in [0.2, 0.25) is 0 Å². The van der Waals surface area contributed by atoms with Crippen LogP contribution < -0.4 is 0 Å². The number of aliphatic hydroxyl groups is 1. The summed E-state index contributed by atoms with van der Waals surface area (Å²) in [5.74, 6) is 0. The number of hydrogen-bond acceptors (Lipinski definition) is 2. The van der Waals surface area contributed by atoms with Gasteiger partial charge in [0.05, 0.1) is 5.60 Å². The normalized spacial score (nSPS) is 13.8. The van der Waals surface area contributed by atoms with Crippen molar-refractivity contribution >= 4 is 0 Å². The highest BCUT2D eigenvalue weighted by atomic mass is 16.3. The second-order valence-corrected chi connectivity index (χ2v) is 4.98. The number of nitrogens with zero attached hydrogens (tertiary/aromatic N) is 1. The maximum absolute atomic E-state index is 9.52. The SMILES string of the molecule is C/C(=C\CN(C)C)CCCC(C)(C)O. The Labute approximate surface area is 88.6 Å². The van der Waals surface area contributed by atoms with Gasteiger partial charge in [0.15, 0.2) is 0 Å². The van der Waals surface area contributed by atoms with Crippen LogP contribution in [-0.4, -0.2) is 36.2 Å². The summed E-state index contributed by atoms with van der Waals surface area (Å²) >= 11 is 0. The summed E-state index contributed by atoms with van der Waals surface area (Å²) in [5, 5.41) is 9.52. The van der Waals surface area contributed by atoms with E-state index in [1.165, 1.54) is 5.57 Å². The Balaban J connectivity index is 3.63. The lowest BCUT2D eigenvalue weighted by molar-refractivity contribution is 0.0689. The van der Waals surface area contributed by atoms with Gasteiger partial charge >= 0.3 is 0 Å². The quantitative estimate of drug-likeness (QED) is 0.664. The first-order chi connectivity index (χ1) is 6.31. The van der Waals surface area contributed by atoms with Crippen molar-refractivity contribution in [2.75, 3.05) is 20.6 Å². The van der Waals surface area contributed by atoms with Crippen LogP contribution in [0.4, 0.5) is 0 Å². The third-order valence-electron chi connectivity index (χ3n) is 2.16. The second-order valence-electron chi connectivity index (χ2n) is 4.98. The molecule has 0 bridgehead atoms. The van der Waals surface area contributed by atoms with E-state index in [1.807, 2.05) is 13.8 Å². The molecule has 0 aromatic rings. The van der Waals surface area contributed by atoms with E-state index >= 15 is 0 Å². The smallest absolute Gasteiger partial charge is 0.0591 e. The zero-order chi connectivity index (χ0) is 11.2. The molecule has 0 saturated heterocycles. The highest BCUT2D eigenvalue weighted by Gasteiger charge is 2.10. The standard InChI is InChI=1S/C12H25NO/c1-11(8-10-13(4)5)7-6-9-12(2,3)14/h8,14H,6-7,9-10H2,1-5H3/b11-8+. The molecule has 0 heterocycles. The molecule has 0 aliphatic heterocycles. The fraction of sp³-hybridized carbons (Fsp3) is 0.833. The van der Waals surface area contributed by atoms with Crippen molar-refractivity contribution in [3.8, 4) is 0 Å². The molecule has 0 aromatic heterocycles. The minimum atomic E-state index is -0.512. The van der Waals surface area contributed by atoms with E-state index in [2.05, 4.69) is 32.0 Å². The van der Waals surface area contributed by atoms with Crippen molar-refractivity contribution in [1.29, 1.82) is 0 Å². The van der Waals surface area contributed by atoms with Crippen LogP contribution >= 0.6 is 0 Å². The molecular weight excluding hydrogens is 174 g/mol. The number of hydrogen-bond donors (Lipinski definition) is 1. The number of allylic oxidation sites excluding steroid dienone is 1. The first-order valence-electron chi connectivity index (χ1n) is 5.34. The molecule has 1 N–H and O–H groups in total. The van der Waals surface area contributed by atoms with Gasteiger partial charge in [0, 0.05) is 6.54 Å². The van der Waals surface area contributed by atoms with Crippen LogP contribution in [0.3, 0.4) is 0 Å². The Morgan fingerprint density at radius 1 is 1.36 bits per heavy atom. The molecule has 0 fully saturated rings. The fourth-order valence-electron chi connectivity index (χ4n) is 1.24. The molecular formula is C12H25NO. The molecule has 2 nitrogen and oxygen atoms in total. The van der Waals surface area contributed by atoms with Gasteiger partial charge in [-0.15, -0.1) is 0 Å². The highest BCUT2D eigenvalue weighted by molar-refractivity contribution is 4.99. The van der Waals surface area contributed by atoms with Gasteiger partial charge in [-0.2, -0.15) is 0 Å². The molecule has 0 aliphatic carbocycles. The number of rotatable bonds is 6. The molecule has 14 heavy (non-hydrogen) atoms. The van der Waals surface area contributed by atoms with E-state index in [9.17, 15) is 5.11 Å². The Hall–Kier alpha value is -0.340. The Morgan fingerprint density at radius 2 is 1.93 bits per heavy atom. The number of likely N-dealkylation sites (N-methyl/N-ethyl adjacent to an activating group) is 1. The molecule has 0 amide bonds. The molecule has 84 valence electrons. The predicted octanol–water partition coefficient (Wildman–Crippen LogP) is 2.44. The van der Waals surface area contributed by atoms with Crippen molar-refractivity contribution in [1.82, 2.24) is 4.90 Å². The van der Waals surface area contributed by atoms with Crippen LogP contribution in [0.5, 0.6) is 0 Å². The molecule has 0 atom stereocenters. The molecule has 0 rings (SSSR count). The van der Waals surface area contributed by atoms with Gasteiger partial charge in [0.1, 0.15) is 0 Å². The third kappa shape index (κ3) is 9.75. The molecule has 2 heteroatoms. The lowest BCUT2D eigenvalue weighted by Gasteiger charge is -2.16. The van der Waals surface area contributed by atoms with Gasteiger partial charge in [0.25, 0.3) is 0 Å². The molecule has 0 saturated carbocycles. The van der Waals surface area contributed by atoms with Crippen molar-refractivity contribution < 1.29 is 5.11 Å². The van der Waals surface area contributed by atoms with Gasteiger partial charge in [-0.25, -0.2) is 0 Å². The minimum absolute atomic E-state index is 0.512. The topological polar surface area (TPSA) is 23.5 Å². The first kappa shape index (κ1) is 13.7. The largest absolute Gasteiger partial charge is 0.390 e. The van der Waals surface area contributed by atoms with Crippen LogP contribution in [-0.2, 0) is 0 Å². The van der Waals surface area contributed by atoms with Gasteiger partial charge < -0.3 is 10.0 Å². The van der Waals surface area contributed by atoms with Crippen molar-refractivity contribution in [2.24, 2.45) is 0 Å². The Bertz CT molecular complexity index is 177. The van der Waals surface area contributed by atoms with Crippen LogP contribution in [0, 0.1) is 0 Å². The summed E-state index contributed by atoms with van der Waals surface area (Å²) in [4.78, 5) is 2.15. The van der Waals surface area contributed by atoms with E-state index in [-0.39, 0.29) is 0 Å². The average molecular weight is 199 g/mol. The van der Waals surface area contributed by atoms with Gasteiger partial charge in [-0.1, -0.05) is 11.6 Å². The fourth-order valence-corrected chi connectivity index (χ4v) is 1.24. The summed E-state index contributed by atoms with van der Waals surface area (Å²) in [5.41, 5.74) is 0.907. The zero-order valence-electron chi connectivity index (χ0n) is 10.3. The first-order valence-corrected chi connectivity index (χ1v) is 5.34. The van der Waals surface area contributed by atoms with E-state index in [0.29, 0.717) is 0 Å². The van der Waals surface area contributed by atoms with E-state index in [1.54, 1.807) is 0 Å². The van der Waals surface area contributed by atoms with E-state index in [0.717, 1.165) is 25.8 Å². The van der Waals surface area contributed by atoms with Crippen LogP contribution in [0.25, 0.3) is 0 Å². The van der Waals surface area contributed by atoms with Crippen molar-refractivity contribution in [3.63, 3.8) is 0 Å². The maximum Gasteiger partial charge on any atom is 0.0591 e. The summed E-state index contributed by atoms with van der Waals surface area (Å²) in [7, 11) is 4.14. The Morgan fingerprint density at radius 3 is 2.36 bits per heavy atom. The van der Waals surface area contributed by atoms with Crippen LogP contribution in [0.1, 0.15) is 40.0 Å². The lowest BCUT2D eigenvalue weighted by atomic mass is 9.99. The van der Waals surface area contributed by atoms with Crippen LogP contribution in [0.15, 0.2) is 11.6 Å². The van der Waals surface area contributed by atoms with Crippen molar-refractivity contribution in [2.45, 2.75) is 45.6 Å². The van der Waals surface area contributed by atoms with E-state index < -0.39 is 5.60 Å². The van der Waals surface area contributed by atoms with Crippen molar-refractivity contribution in [3.05, 3.63) is 11.6 Å². The highest BCUT2D eigenvalue weighted by Crippen LogP contribution is 2.15.